The second kappa shape index (κ2) is 17.3. The molecule has 43 heavy (non-hydrogen) atoms. The molecule has 0 saturated carbocycles. The zero-order valence-corrected chi connectivity index (χ0v) is 24.6. The summed E-state index contributed by atoms with van der Waals surface area (Å²) in [5, 5.41) is 14.5. The molecular weight excluding hydrogens is 555 g/mol. The molecule has 0 aliphatic carbocycles. The molecule has 2 unspecified atom stereocenters. The summed E-state index contributed by atoms with van der Waals surface area (Å²) < 4.78 is 42.9. The van der Waals surface area contributed by atoms with Crippen LogP contribution in [0.1, 0.15) is 35.4 Å². The molecule has 1 aliphatic rings. The Labute approximate surface area is 252 Å². The van der Waals surface area contributed by atoms with Gasteiger partial charge in [0, 0.05) is 31.0 Å². The van der Waals surface area contributed by atoms with Gasteiger partial charge in [0.2, 0.25) is 0 Å². The molecule has 1 amide bonds. The quantitative estimate of drug-likeness (QED) is 0.183. The number of benzene rings is 3. The smallest absolute Gasteiger partial charge is 0.404 e. The van der Waals surface area contributed by atoms with Crippen LogP contribution in [0.25, 0.3) is 0 Å². The Balaban J connectivity index is 1.18. The molecule has 232 valence electrons. The van der Waals surface area contributed by atoms with Gasteiger partial charge in [0.05, 0.1) is 39.6 Å². The molecule has 1 heterocycles. The number of para-hydroxylation sites is 1. The first-order valence-electron chi connectivity index (χ1n) is 14.7. The fraction of sp³-hybridized carbons (Fsp3) is 0.424. The summed E-state index contributed by atoms with van der Waals surface area (Å²) in [6, 6.07) is 20.3. The van der Waals surface area contributed by atoms with E-state index in [0.717, 1.165) is 43.0 Å². The Kier molecular flexibility index (Phi) is 12.9. The lowest BCUT2D eigenvalue weighted by Gasteiger charge is -2.32. The number of carbonyl (C=O) groups is 1. The first-order chi connectivity index (χ1) is 21.0. The number of hydrogen-bond donors (Lipinski definition) is 3. The van der Waals surface area contributed by atoms with Crippen LogP contribution in [0.15, 0.2) is 66.7 Å². The van der Waals surface area contributed by atoms with Gasteiger partial charge in [0.25, 0.3) is 0 Å². The molecule has 0 spiro atoms. The highest BCUT2D eigenvalue weighted by molar-refractivity contribution is 5.64. The van der Waals surface area contributed by atoms with Crippen LogP contribution in [-0.2, 0) is 22.5 Å². The summed E-state index contributed by atoms with van der Waals surface area (Å²) in [6.07, 6.45) is 0.923. The van der Waals surface area contributed by atoms with Crippen molar-refractivity contribution in [1.82, 2.24) is 10.6 Å². The Morgan fingerprint density at radius 2 is 1.81 bits per heavy atom. The van der Waals surface area contributed by atoms with Gasteiger partial charge in [-0.2, -0.15) is 0 Å². The van der Waals surface area contributed by atoms with Crippen molar-refractivity contribution in [2.24, 2.45) is 0 Å². The minimum atomic E-state index is -1.12. The maximum Gasteiger partial charge on any atom is 0.404 e. The topological polar surface area (TPSA) is 108 Å². The molecule has 3 aromatic rings. The van der Waals surface area contributed by atoms with Gasteiger partial charge in [-0.1, -0.05) is 30.3 Å². The third-order valence-electron chi connectivity index (χ3n) is 7.25. The number of carboxylic acid groups (broad SMARTS) is 1. The van der Waals surface area contributed by atoms with Crippen molar-refractivity contribution >= 4 is 6.09 Å². The Bertz CT molecular complexity index is 1270. The molecule has 1 aliphatic heterocycles. The van der Waals surface area contributed by atoms with Crippen LogP contribution in [-0.4, -0.2) is 70.5 Å². The first-order valence-corrected chi connectivity index (χ1v) is 14.7. The van der Waals surface area contributed by atoms with Crippen molar-refractivity contribution in [2.45, 2.75) is 37.9 Å². The van der Waals surface area contributed by atoms with E-state index in [4.69, 9.17) is 28.8 Å². The van der Waals surface area contributed by atoms with Gasteiger partial charge in [0.1, 0.15) is 29.7 Å². The van der Waals surface area contributed by atoms with Gasteiger partial charge < -0.3 is 39.4 Å². The molecular formula is C33H41FN2O7. The molecule has 9 nitrogen and oxygen atoms in total. The minimum Gasteiger partial charge on any atom is -0.496 e. The molecule has 1 saturated heterocycles. The van der Waals surface area contributed by atoms with Crippen LogP contribution < -0.4 is 24.8 Å². The highest BCUT2D eigenvalue weighted by Gasteiger charge is 2.27. The van der Waals surface area contributed by atoms with E-state index in [0.29, 0.717) is 50.8 Å². The number of hydrogen-bond acceptors (Lipinski definition) is 7. The summed E-state index contributed by atoms with van der Waals surface area (Å²) in [4.78, 5) is 10.7. The Morgan fingerprint density at radius 3 is 2.63 bits per heavy atom. The second-order valence-electron chi connectivity index (χ2n) is 10.2. The molecule has 0 bridgehead atoms. The fourth-order valence-corrected chi connectivity index (χ4v) is 5.09. The SMILES string of the molecule is COc1ccccc1COCCCOc1ccc(C2CCNCC2OCCOc2ccc(F)cc2CCNC(=O)O)cc1. The van der Waals surface area contributed by atoms with Crippen LogP contribution in [0.2, 0.25) is 0 Å². The number of ether oxygens (including phenoxy) is 5. The monoisotopic (exact) mass is 596 g/mol. The van der Waals surface area contributed by atoms with Gasteiger partial charge in [-0.3, -0.25) is 0 Å². The average Bonchev–Trinajstić information content (AvgIpc) is 3.02. The predicted molar refractivity (Wildman–Crippen MR) is 161 cm³/mol. The molecule has 0 aromatic heterocycles. The summed E-state index contributed by atoms with van der Waals surface area (Å²) in [7, 11) is 1.66. The number of methoxy groups -OCH3 is 1. The first kappa shape index (κ1) is 32.1. The van der Waals surface area contributed by atoms with Crippen LogP contribution >= 0.6 is 0 Å². The number of halogens is 1. The van der Waals surface area contributed by atoms with Crippen LogP contribution in [0.4, 0.5) is 9.18 Å². The van der Waals surface area contributed by atoms with Crippen molar-refractivity contribution in [3.63, 3.8) is 0 Å². The standard InChI is InChI=1S/C33H41FN2O7/c1-39-30-6-3-2-5-26(30)23-40-17-4-18-41-28-10-7-24(8-11-28)29-14-15-35-22-32(29)43-20-19-42-31-12-9-27(34)21-25(31)13-16-36-33(37)38/h2-3,5-12,21,29,32,35-36H,4,13-20,22-23H2,1H3,(H,37,38). The lowest BCUT2D eigenvalue weighted by molar-refractivity contribution is 0.00720. The highest BCUT2D eigenvalue weighted by Crippen LogP contribution is 2.29. The van der Waals surface area contributed by atoms with Crippen molar-refractivity contribution < 1.29 is 38.0 Å². The number of piperidine rings is 1. The van der Waals surface area contributed by atoms with Crippen molar-refractivity contribution in [3.05, 3.63) is 89.2 Å². The molecule has 3 aromatic carbocycles. The number of rotatable bonds is 17. The Morgan fingerprint density at radius 1 is 0.977 bits per heavy atom. The number of nitrogens with one attached hydrogen (secondary N) is 2. The summed E-state index contributed by atoms with van der Waals surface area (Å²) >= 11 is 0. The summed E-state index contributed by atoms with van der Waals surface area (Å²) in [6.45, 7) is 4.15. The lowest BCUT2D eigenvalue weighted by Crippen LogP contribution is -2.41. The maximum absolute atomic E-state index is 13.7. The van der Waals surface area contributed by atoms with Crippen molar-refractivity contribution in [3.8, 4) is 17.2 Å². The van der Waals surface area contributed by atoms with Gasteiger partial charge >= 0.3 is 6.09 Å². The van der Waals surface area contributed by atoms with E-state index < -0.39 is 11.9 Å². The van der Waals surface area contributed by atoms with Gasteiger partial charge in [-0.05, 0) is 66.9 Å². The van der Waals surface area contributed by atoms with Gasteiger partial charge in [-0.15, -0.1) is 0 Å². The molecule has 10 heteroatoms. The third kappa shape index (κ3) is 10.4. The predicted octanol–water partition coefficient (Wildman–Crippen LogP) is 5.17. The summed E-state index contributed by atoms with van der Waals surface area (Å²) in [5.74, 6) is 2.02. The van der Waals surface area contributed by atoms with Crippen LogP contribution in [0.3, 0.4) is 0 Å². The lowest BCUT2D eigenvalue weighted by atomic mass is 9.88. The van der Waals surface area contributed by atoms with Crippen LogP contribution in [0.5, 0.6) is 17.2 Å². The molecule has 0 radical (unpaired) electrons. The van der Waals surface area contributed by atoms with Crippen LogP contribution in [0, 0.1) is 5.82 Å². The minimum absolute atomic E-state index is 0.0167. The van der Waals surface area contributed by atoms with Crippen molar-refractivity contribution in [1.29, 1.82) is 0 Å². The zero-order chi connectivity index (χ0) is 30.3. The largest absolute Gasteiger partial charge is 0.496 e. The van der Waals surface area contributed by atoms with E-state index in [1.54, 1.807) is 13.2 Å². The summed E-state index contributed by atoms with van der Waals surface area (Å²) in [5.41, 5.74) is 2.83. The molecule has 1 fully saturated rings. The fourth-order valence-electron chi connectivity index (χ4n) is 5.09. The third-order valence-corrected chi connectivity index (χ3v) is 7.25. The Hall–Kier alpha value is -3.86. The number of amides is 1. The van der Waals surface area contributed by atoms with E-state index in [2.05, 4.69) is 22.8 Å². The van der Waals surface area contributed by atoms with Crippen molar-refractivity contribution in [2.75, 3.05) is 53.2 Å². The van der Waals surface area contributed by atoms with Gasteiger partial charge in [-0.25, -0.2) is 9.18 Å². The average molecular weight is 597 g/mol. The maximum atomic E-state index is 13.7. The molecule has 2 atom stereocenters. The van der Waals surface area contributed by atoms with E-state index in [-0.39, 0.29) is 18.6 Å². The van der Waals surface area contributed by atoms with E-state index in [1.165, 1.54) is 17.7 Å². The second-order valence-corrected chi connectivity index (χ2v) is 10.2. The highest BCUT2D eigenvalue weighted by atomic mass is 19.1. The zero-order valence-electron chi connectivity index (χ0n) is 24.6. The normalized spacial score (nSPS) is 16.4. The van der Waals surface area contributed by atoms with Gasteiger partial charge in [0.15, 0.2) is 0 Å². The van der Waals surface area contributed by atoms with E-state index in [1.807, 2.05) is 36.4 Å². The van der Waals surface area contributed by atoms with E-state index in [9.17, 15) is 9.18 Å². The van der Waals surface area contributed by atoms with E-state index >= 15 is 0 Å². The molecule has 3 N–H and O–H groups in total. The molecule has 4 rings (SSSR count).